The van der Waals surface area contributed by atoms with E-state index in [9.17, 15) is 0 Å². The molecule has 1 aromatic heterocycles. The lowest BCUT2D eigenvalue weighted by Crippen LogP contribution is -2.32. The summed E-state index contributed by atoms with van der Waals surface area (Å²) in [5.74, 6) is 3.22. The smallest absolute Gasteiger partial charge is 0.227 e. The molecule has 134 valence electrons. The van der Waals surface area contributed by atoms with E-state index in [2.05, 4.69) is 34.3 Å². The van der Waals surface area contributed by atoms with Crippen LogP contribution in [0, 0.1) is 6.92 Å². The van der Waals surface area contributed by atoms with Crippen LogP contribution in [-0.2, 0) is 13.0 Å². The number of hydrogen-bond acceptors (Lipinski definition) is 6. The molecule has 2 heterocycles. The molecule has 1 aliphatic rings. The Bertz CT molecular complexity index is 748. The summed E-state index contributed by atoms with van der Waals surface area (Å²) in [4.78, 5) is 11.5. The van der Waals surface area contributed by atoms with E-state index in [0.29, 0.717) is 0 Å². The van der Waals surface area contributed by atoms with Crippen LogP contribution in [0.1, 0.15) is 30.2 Å². The molecule has 6 heteroatoms. The summed E-state index contributed by atoms with van der Waals surface area (Å²) in [6, 6.07) is 6.13. The predicted molar refractivity (Wildman–Crippen MR) is 99.8 cm³/mol. The third kappa shape index (κ3) is 3.78. The fourth-order valence-electron chi connectivity index (χ4n) is 3.09. The summed E-state index contributed by atoms with van der Waals surface area (Å²) in [5, 5.41) is 3.35. The van der Waals surface area contributed by atoms with Crippen LogP contribution in [-0.4, -0.2) is 37.3 Å². The monoisotopic (exact) mass is 342 g/mol. The number of ether oxygens (including phenoxy) is 2. The third-order valence-corrected chi connectivity index (χ3v) is 4.40. The molecule has 2 aromatic rings. The van der Waals surface area contributed by atoms with Crippen LogP contribution in [0.4, 0.5) is 11.8 Å². The number of aryl methyl sites for hydroxylation is 1. The van der Waals surface area contributed by atoms with E-state index in [1.54, 1.807) is 14.2 Å². The van der Waals surface area contributed by atoms with E-state index in [-0.39, 0.29) is 0 Å². The van der Waals surface area contributed by atoms with Crippen molar-refractivity contribution in [3.63, 3.8) is 0 Å². The number of hydrogen-bond donors (Lipinski definition) is 1. The first-order valence-corrected chi connectivity index (χ1v) is 8.73. The van der Waals surface area contributed by atoms with Gasteiger partial charge in [-0.05, 0) is 43.0 Å². The van der Waals surface area contributed by atoms with Gasteiger partial charge in [0, 0.05) is 31.4 Å². The molecule has 0 fully saturated rings. The minimum Gasteiger partial charge on any atom is -0.493 e. The van der Waals surface area contributed by atoms with Gasteiger partial charge in [0.05, 0.1) is 14.2 Å². The van der Waals surface area contributed by atoms with Gasteiger partial charge in [0.2, 0.25) is 5.95 Å². The molecule has 0 amide bonds. The van der Waals surface area contributed by atoms with Gasteiger partial charge in [-0.15, -0.1) is 0 Å². The first kappa shape index (κ1) is 17.3. The summed E-state index contributed by atoms with van der Waals surface area (Å²) >= 11 is 0. The zero-order valence-corrected chi connectivity index (χ0v) is 15.4. The van der Waals surface area contributed by atoms with Crippen LogP contribution in [0.5, 0.6) is 11.5 Å². The minimum absolute atomic E-state index is 0.763. The molecule has 25 heavy (non-hydrogen) atoms. The second-order valence-electron chi connectivity index (χ2n) is 6.27. The van der Waals surface area contributed by atoms with Crippen molar-refractivity contribution in [1.82, 2.24) is 9.97 Å². The standard InChI is InChI=1S/C19H26N4O2/c1-5-7-20-18-9-13(2)21-19(22-18)23-8-6-14-10-16(24-3)17(25-4)11-15(14)12-23/h9-11H,5-8,12H2,1-4H3,(H,20,21,22). The zero-order chi connectivity index (χ0) is 17.8. The number of nitrogens with one attached hydrogen (secondary N) is 1. The van der Waals surface area contributed by atoms with Crippen molar-refractivity contribution in [1.29, 1.82) is 0 Å². The molecule has 0 spiro atoms. The lowest BCUT2D eigenvalue weighted by molar-refractivity contribution is 0.353. The van der Waals surface area contributed by atoms with Crippen molar-refractivity contribution in [2.75, 3.05) is 37.5 Å². The van der Waals surface area contributed by atoms with E-state index < -0.39 is 0 Å². The molecular weight excluding hydrogens is 316 g/mol. The zero-order valence-electron chi connectivity index (χ0n) is 15.4. The van der Waals surface area contributed by atoms with Crippen molar-refractivity contribution in [3.8, 4) is 11.5 Å². The molecule has 6 nitrogen and oxygen atoms in total. The topological polar surface area (TPSA) is 59.5 Å². The molecule has 1 aliphatic heterocycles. The number of rotatable bonds is 6. The Morgan fingerprint density at radius 1 is 1.08 bits per heavy atom. The molecule has 0 radical (unpaired) electrons. The highest BCUT2D eigenvalue weighted by molar-refractivity contribution is 5.52. The van der Waals surface area contributed by atoms with Crippen molar-refractivity contribution < 1.29 is 9.47 Å². The summed E-state index contributed by atoms with van der Waals surface area (Å²) in [5.41, 5.74) is 3.50. The van der Waals surface area contributed by atoms with Gasteiger partial charge in [0.1, 0.15) is 5.82 Å². The highest BCUT2D eigenvalue weighted by Crippen LogP contribution is 2.34. The number of benzene rings is 1. The average molecular weight is 342 g/mol. The largest absolute Gasteiger partial charge is 0.493 e. The molecule has 1 N–H and O–H groups in total. The lowest BCUT2D eigenvalue weighted by atomic mass is 9.99. The number of nitrogens with zero attached hydrogens (tertiary/aromatic N) is 3. The summed E-state index contributed by atoms with van der Waals surface area (Å²) < 4.78 is 10.9. The molecule has 0 unspecified atom stereocenters. The SMILES string of the molecule is CCCNc1cc(C)nc(N2CCc3cc(OC)c(OC)cc3C2)n1. The van der Waals surface area contributed by atoms with Gasteiger partial charge in [0.15, 0.2) is 11.5 Å². The van der Waals surface area contributed by atoms with Crippen LogP contribution in [0.2, 0.25) is 0 Å². The van der Waals surface area contributed by atoms with Gasteiger partial charge in [-0.2, -0.15) is 4.98 Å². The van der Waals surface area contributed by atoms with E-state index >= 15 is 0 Å². The first-order valence-electron chi connectivity index (χ1n) is 8.73. The fraction of sp³-hybridized carbons (Fsp3) is 0.474. The summed E-state index contributed by atoms with van der Waals surface area (Å²) in [7, 11) is 3.34. The van der Waals surface area contributed by atoms with E-state index in [1.165, 1.54) is 11.1 Å². The van der Waals surface area contributed by atoms with Crippen molar-refractivity contribution in [2.45, 2.75) is 33.2 Å². The molecular formula is C19H26N4O2. The predicted octanol–water partition coefficient (Wildman–Crippen LogP) is 3.19. The van der Waals surface area contributed by atoms with Crippen LogP contribution in [0.25, 0.3) is 0 Å². The van der Waals surface area contributed by atoms with Crippen LogP contribution in [0.3, 0.4) is 0 Å². The molecule has 0 aliphatic carbocycles. The second kappa shape index (κ2) is 7.59. The molecule has 0 bridgehead atoms. The van der Waals surface area contributed by atoms with Gasteiger partial charge in [-0.25, -0.2) is 4.98 Å². The molecule has 1 aromatic carbocycles. The Morgan fingerprint density at radius 2 is 1.80 bits per heavy atom. The van der Waals surface area contributed by atoms with Gasteiger partial charge in [-0.3, -0.25) is 0 Å². The van der Waals surface area contributed by atoms with Gasteiger partial charge in [0.25, 0.3) is 0 Å². The number of methoxy groups -OCH3 is 2. The summed E-state index contributed by atoms with van der Waals surface area (Å²) in [6.45, 7) is 6.72. The van der Waals surface area contributed by atoms with Gasteiger partial charge >= 0.3 is 0 Å². The van der Waals surface area contributed by atoms with E-state index in [1.807, 2.05) is 13.0 Å². The van der Waals surface area contributed by atoms with Gasteiger partial charge < -0.3 is 19.7 Å². The normalized spacial score (nSPS) is 13.4. The lowest BCUT2D eigenvalue weighted by Gasteiger charge is -2.30. The number of anilines is 2. The highest BCUT2D eigenvalue weighted by atomic mass is 16.5. The Balaban J connectivity index is 1.86. The Kier molecular flexibility index (Phi) is 5.26. The maximum Gasteiger partial charge on any atom is 0.227 e. The maximum absolute atomic E-state index is 5.44. The van der Waals surface area contributed by atoms with E-state index in [0.717, 1.165) is 61.4 Å². The quantitative estimate of drug-likeness (QED) is 0.870. The highest BCUT2D eigenvalue weighted by Gasteiger charge is 2.21. The van der Waals surface area contributed by atoms with Gasteiger partial charge in [-0.1, -0.05) is 6.92 Å². The molecule has 0 saturated carbocycles. The van der Waals surface area contributed by atoms with Crippen LogP contribution >= 0.6 is 0 Å². The number of fused-ring (bicyclic) bond motifs is 1. The molecule has 0 saturated heterocycles. The third-order valence-electron chi connectivity index (χ3n) is 4.40. The van der Waals surface area contributed by atoms with Crippen molar-refractivity contribution in [2.24, 2.45) is 0 Å². The Hall–Kier alpha value is -2.50. The average Bonchev–Trinajstić information content (AvgIpc) is 2.64. The first-order chi connectivity index (χ1) is 12.1. The Labute approximate surface area is 149 Å². The van der Waals surface area contributed by atoms with E-state index in [4.69, 9.17) is 14.5 Å². The fourth-order valence-corrected chi connectivity index (χ4v) is 3.09. The Morgan fingerprint density at radius 3 is 2.48 bits per heavy atom. The molecule has 0 atom stereocenters. The second-order valence-corrected chi connectivity index (χ2v) is 6.27. The van der Waals surface area contributed by atoms with Crippen molar-refractivity contribution >= 4 is 11.8 Å². The van der Waals surface area contributed by atoms with Crippen molar-refractivity contribution in [3.05, 3.63) is 35.0 Å². The van der Waals surface area contributed by atoms with Crippen LogP contribution < -0.4 is 19.7 Å². The maximum atomic E-state index is 5.44. The minimum atomic E-state index is 0.763. The van der Waals surface area contributed by atoms with Crippen LogP contribution in [0.15, 0.2) is 18.2 Å². The summed E-state index contributed by atoms with van der Waals surface area (Å²) in [6.07, 6.45) is 2.00. The molecule has 3 rings (SSSR count). The number of aromatic nitrogens is 2.